The number of benzene rings is 2. The van der Waals surface area contributed by atoms with Crippen molar-refractivity contribution in [3.05, 3.63) is 82.1 Å². The molecule has 0 fully saturated rings. The van der Waals surface area contributed by atoms with Gasteiger partial charge in [-0.15, -0.1) is 0 Å². The van der Waals surface area contributed by atoms with Crippen molar-refractivity contribution in [2.45, 2.75) is 26.8 Å². The van der Waals surface area contributed by atoms with Crippen LogP contribution in [0.4, 0.5) is 5.13 Å². The minimum atomic E-state index is -0.0313. The predicted molar refractivity (Wildman–Crippen MR) is 126 cm³/mol. The number of pyridine rings is 1. The highest BCUT2D eigenvalue weighted by atomic mass is 35.5. The first-order valence-corrected chi connectivity index (χ1v) is 11.0. The van der Waals surface area contributed by atoms with Crippen molar-refractivity contribution in [2.24, 2.45) is 0 Å². The van der Waals surface area contributed by atoms with Crippen molar-refractivity contribution in [1.29, 1.82) is 0 Å². The number of aryl methyl sites for hydroxylation is 2. The predicted octanol–water partition coefficient (Wildman–Crippen LogP) is 5.75. The topological polar surface area (TPSA) is 55.3 Å². The van der Waals surface area contributed by atoms with E-state index in [2.05, 4.69) is 4.98 Å². The third-order valence-electron chi connectivity index (χ3n) is 5.15. The highest BCUT2D eigenvalue weighted by Gasteiger charge is 2.22. The third kappa shape index (κ3) is 4.55. The fourth-order valence-corrected chi connectivity index (χ4v) is 4.66. The summed E-state index contributed by atoms with van der Waals surface area (Å²) in [5.41, 5.74) is 4.62. The minimum Gasteiger partial charge on any atom is -0.496 e. The molecule has 1 amide bonds. The quantitative estimate of drug-likeness (QED) is 0.374. The van der Waals surface area contributed by atoms with Crippen LogP contribution >= 0.6 is 22.9 Å². The van der Waals surface area contributed by atoms with Gasteiger partial charge in [0.25, 0.3) is 0 Å². The summed E-state index contributed by atoms with van der Waals surface area (Å²) in [6.45, 7) is 4.32. The summed E-state index contributed by atoms with van der Waals surface area (Å²) in [4.78, 5) is 24.1. The van der Waals surface area contributed by atoms with Gasteiger partial charge in [-0.05, 0) is 60.4 Å². The Morgan fingerprint density at radius 3 is 2.71 bits per heavy atom. The molecule has 4 aromatic rings. The molecule has 0 aliphatic rings. The number of halogens is 1. The summed E-state index contributed by atoms with van der Waals surface area (Å²) in [6, 6.07) is 13.5. The second-order valence-corrected chi connectivity index (χ2v) is 8.75. The van der Waals surface area contributed by atoms with Gasteiger partial charge in [0.2, 0.25) is 5.91 Å². The van der Waals surface area contributed by atoms with Gasteiger partial charge in [0, 0.05) is 17.4 Å². The number of rotatable bonds is 6. The van der Waals surface area contributed by atoms with E-state index in [1.807, 2.05) is 56.3 Å². The first kappa shape index (κ1) is 21.3. The zero-order chi connectivity index (χ0) is 22.0. The Morgan fingerprint density at radius 1 is 1.16 bits per heavy atom. The Morgan fingerprint density at radius 2 is 2.00 bits per heavy atom. The summed E-state index contributed by atoms with van der Waals surface area (Å²) in [6.07, 6.45) is 3.76. The van der Waals surface area contributed by atoms with Crippen molar-refractivity contribution in [3.63, 3.8) is 0 Å². The van der Waals surface area contributed by atoms with Gasteiger partial charge in [-0.1, -0.05) is 41.1 Å². The maximum atomic E-state index is 13.4. The number of carbonyl (C=O) groups is 1. The molecule has 0 bridgehead atoms. The lowest BCUT2D eigenvalue weighted by Gasteiger charge is -2.20. The molecule has 5 nitrogen and oxygen atoms in total. The lowest BCUT2D eigenvalue weighted by atomic mass is 10.1. The summed E-state index contributed by atoms with van der Waals surface area (Å²) in [5, 5.41) is 1.32. The number of hydrogen-bond donors (Lipinski definition) is 0. The molecule has 31 heavy (non-hydrogen) atoms. The second kappa shape index (κ2) is 9.04. The Kier molecular flexibility index (Phi) is 6.20. The smallest absolute Gasteiger partial charge is 0.233 e. The maximum Gasteiger partial charge on any atom is 0.233 e. The molecule has 0 aliphatic carbocycles. The molecule has 0 spiro atoms. The van der Waals surface area contributed by atoms with Crippen LogP contribution < -0.4 is 9.64 Å². The Bertz CT molecular complexity index is 1240. The van der Waals surface area contributed by atoms with E-state index in [1.165, 1.54) is 11.3 Å². The average molecular weight is 452 g/mol. The van der Waals surface area contributed by atoms with Crippen LogP contribution in [0.5, 0.6) is 5.75 Å². The zero-order valence-corrected chi connectivity index (χ0v) is 19.1. The number of ether oxygens (including phenoxy) is 1. The van der Waals surface area contributed by atoms with Gasteiger partial charge >= 0.3 is 0 Å². The van der Waals surface area contributed by atoms with Crippen molar-refractivity contribution >= 4 is 44.2 Å². The van der Waals surface area contributed by atoms with Gasteiger partial charge in [-0.2, -0.15) is 0 Å². The molecular formula is C24H22ClN3O2S. The number of thiazole rings is 1. The molecule has 2 aromatic carbocycles. The molecule has 0 N–H and O–H groups in total. The monoisotopic (exact) mass is 451 g/mol. The minimum absolute atomic E-state index is 0.0313. The van der Waals surface area contributed by atoms with E-state index in [-0.39, 0.29) is 12.3 Å². The number of aromatic nitrogens is 2. The van der Waals surface area contributed by atoms with Crippen LogP contribution in [0.15, 0.2) is 54.9 Å². The van der Waals surface area contributed by atoms with Crippen molar-refractivity contribution in [1.82, 2.24) is 9.97 Å². The van der Waals surface area contributed by atoms with Crippen LogP contribution in [0.1, 0.15) is 22.3 Å². The van der Waals surface area contributed by atoms with Gasteiger partial charge < -0.3 is 4.74 Å². The van der Waals surface area contributed by atoms with Crippen LogP contribution in [0.2, 0.25) is 5.02 Å². The Labute approximate surface area is 190 Å². The number of nitrogens with zero attached hydrogens (tertiary/aromatic N) is 3. The number of methoxy groups -OCH3 is 1. The van der Waals surface area contributed by atoms with Crippen LogP contribution in [-0.4, -0.2) is 23.0 Å². The number of anilines is 1. The molecular weight excluding hydrogens is 430 g/mol. The molecule has 0 saturated heterocycles. The van der Waals surface area contributed by atoms with E-state index in [0.29, 0.717) is 16.7 Å². The van der Waals surface area contributed by atoms with Gasteiger partial charge in [-0.25, -0.2) is 4.98 Å². The van der Waals surface area contributed by atoms with E-state index in [0.717, 1.165) is 38.2 Å². The summed E-state index contributed by atoms with van der Waals surface area (Å²) >= 11 is 7.77. The molecule has 158 valence electrons. The average Bonchev–Trinajstić information content (AvgIpc) is 3.20. The molecule has 0 unspecified atom stereocenters. The first-order chi connectivity index (χ1) is 15.0. The Balaban J connectivity index is 1.69. The summed E-state index contributed by atoms with van der Waals surface area (Å²) < 4.78 is 6.33. The lowest BCUT2D eigenvalue weighted by molar-refractivity contribution is -0.118. The summed E-state index contributed by atoms with van der Waals surface area (Å²) in [5.74, 6) is 0.776. The maximum absolute atomic E-state index is 13.4. The molecule has 2 aromatic heterocycles. The summed E-state index contributed by atoms with van der Waals surface area (Å²) in [7, 11) is 1.64. The zero-order valence-electron chi connectivity index (χ0n) is 17.6. The molecule has 0 atom stereocenters. The van der Waals surface area contributed by atoms with Crippen LogP contribution in [0, 0.1) is 13.8 Å². The van der Waals surface area contributed by atoms with Crippen LogP contribution in [0.3, 0.4) is 0 Å². The SMILES string of the molecule is COc1ccc(CC(=O)N(Cc2cccnc2)c2nc3c(C)c(Cl)ccc3s2)cc1C. The molecule has 4 rings (SSSR count). The number of fused-ring (bicyclic) bond motifs is 1. The van der Waals surface area contributed by atoms with Crippen molar-refractivity contribution in [2.75, 3.05) is 12.0 Å². The molecule has 2 heterocycles. The number of hydrogen-bond acceptors (Lipinski definition) is 5. The third-order valence-corrected chi connectivity index (χ3v) is 6.60. The van der Waals surface area contributed by atoms with E-state index in [1.54, 1.807) is 24.4 Å². The van der Waals surface area contributed by atoms with Crippen molar-refractivity contribution < 1.29 is 9.53 Å². The van der Waals surface area contributed by atoms with Gasteiger partial charge in [0.15, 0.2) is 5.13 Å². The largest absolute Gasteiger partial charge is 0.496 e. The van der Waals surface area contributed by atoms with E-state index in [4.69, 9.17) is 21.3 Å². The van der Waals surface area contributed by atoms with Gasteiger partial charge in [-0.3, -0.25) is 14.7 Å². The van der Waals surface area contributed by atoms with Gasteiger partial charge in [0.05, 0.1) is 30.3 Å². The normalized spacial score (nSPS) is 11.0. The fraction of sp³-hybridized carbons (Fsp3) is 0.208. The number of amides is 1. The lowest BCUT2D eigenvalue weighted by Crippen LogP contribution is -2.31. The highest BCUT2D eigenvalue weighted by Crippen LogP contribution is 2.34. The highest BCUT2D eigenvalue weighted by molar-refractivity contribution is 7.22. The second-order valence-electron chi connectivity index (χ2n) is 7.34. The molecule has 7 heteroatoms. The fourth-order valence-electron chi connectivity index (χ4n) is 3.46. The standard InChI is InChI=1S/C24H22ClN3O2S/c1-15-11-17(6-8-20(15)30-3)12-22(29)28(14-18-5-4-10-26-13-18)24-27-23-16(2)19(25)7-9-21(23)31-24/h4-11,13H,12,14H2,1-3H3. The van der Waals surface area contributed by atoms with E-state index in [9.17, 15) is 4.79 Å². The van der Waals surface area contributed by atoms with E-state index >= 15 is 0 Å². The number of carbonyl (C=O) groups excluding carboxylic acids is 1. The van der Waals surface area contributed by atoms with E-state index < -0.39 is 0 Å². The van der Waals surface area contributed by atoms with Crippen molar-refractivity contribution in [3.8, 4) is 5.75 Å². The van der Waals surface area contributed by atoms with Gasteiger partial charge in [0.1, 0.15) is 5.75 Å². The van der Waals surface area contributed by atoms with Crippen LogP contribution in [-0.2, 0) is 17.8 Å². The molecule has 0 saturated carbocycles. The Hall–Kier alpha value is -2.96. The van der Waals surface area contributed by atoms with Crippen LogP contribution in [0.25, 0.3) is 10.2 Å². The first-order valence-electron chi connectivity index (χ1n) is 9.84. The molecule has 0 radical (unpaired) electrons. The molecule has 0 aliphatic heterocycles.